The van der Waals surface area contributed by atoms with Crippen molar-refractivity contribution in [3.63, 3.8) is 0 Å². The second-order valence-corrected chi connectivity index (χ2v) is 36.3. The molecule has 10 heteroatoms. The first-order valence-electron chi connectivity index (χ1n) is 44.1. The van der Waals surface area contributed by atoms with E-state index < -0.39 is 34.8 Å². The number of phenolic OH excluding ortho intramolecular Hbond substituents is 2. The highest BCUT2D eigenvalue weighted by Crippen LogP contribution is 2.53. The van der Waals surface area contributed by atoms with Gasteiger partial charge in [-0.15, -0.1) is 0 Å². The third-order valence-corrected chi connectivity index (χ3v) is 24.9. The molecule has 0 spiro atoms. The van der Waals surface area contributed by atoms with E-state index in [2.05, 4.69) is 158 Å². The molecule has 0 aliphatic rings. The highest BCUT2D eigenvalue weighted by molar-refractivity contribution is 7.42. The molecule has 0 aromatic heterocycles. The van der Waals surface area contributed by atoms with Crippen LogP contribution in [0.25, 0.3) is 0 Å². The minimum Gasteiger partial charge on any atom is -0.508 e. The lowest BCUT2D eigenvalue weighted by atomic mass is 9.67. The average molecular weight is 1490 g/mol. The van der Waals surface area contributed by atoms with Crippen molar-refractivity contribution in [2.75, 3.05) is 13.2 Å². The lowest BCUT2D eigenvalue weighted by molar-refractivity contribution is -0.0411. The minimum atomic E-state index is -1.96. The van der Waals surface area contributed by atoms with E-state index >= 15 is 0 Å². The molecule has 0 saturated carbocycles. The molecule has 2 N–H and O–H groups in total. The molecule has 0 aliphatic carbocycles. The summed E-state index contributed by atoms with van der Waals surface area (Å²) in [5.74, 6) is 2.07. The van der Waals surface area contributed by atoms with Crippen molar-refractivity contribution in [2.24, 2.45) is 5.41 Å². The molecule has 4 aromatic carbocycles. The normalized spacial score (nSPS) is 13.4. The van der Waals surface area contributed by atoms with Crippen molar-refractivity contribution in [2.45, 2.75) is 441 Å². The molecule has 0 aliphatic heterocycles. The predicted octanol–water partition coefficient (Wildman–Crippen LogP) is 31.6. The Morgan fingerprint density at radius 2 is 0.562 bits per heavy atom. The second kappa shape index (κ2) is 56.9. The summed E-state index contributed by atoms with van der Waals surface area (Å²) in [5, 5.41) is 23.5. The van der Waals surface area contributed by atoms with E-state index in [4.69, 9.17) is 27.1 Å². The van der Waals surface area contributed by atoms with Crippen LogP contribution in [0.2, 0.25) is 0 Å². The molecule has 600 valence electrons. The molecule has 0 bridgehead atoms. The maximum atomic E-state index is 11.8. The first kappa shape index (κ1) is 94.2. The van der Waals surface area contributed by atoms with Gasteiger partial charge in [0.05, 0.1) is 25.4 Å². The number of hydrogen-bond acceptors (Lipinski definition) is 8. The third kappa shape index (κ3) is 41.0. The van der Waals surface area contributed by atoms with Crippen molar-refractivity contribution >= 4 is 17.2 Å². The minimum absolute atomic E-state index is 0.299. The summed E-state index contributed by atoms with van der Waals surface area (Å²) < 4.78 is 43.4. The van der Waals surface area contributed by atoms with Crippen LogP contribution in [0, 0.1) is 19.3 Å². The first-order valence-corrected chi connectivity index (χ1v) is 46.3. The molecule has 0 radical (unpaired) electrons. The van der Waals surface area contributed by atoms with Gasteiger partial charge in [-0.25, -0.2) is 0 Å². The van der Waals surface area contributed by atoms with Crippen LogP contribution in [0.4, 0.5) is 0 Å². The van der Waals surface area contributed by atoms with Gasteiger partial charge in [-0.05, 0) is 171 Å². The molecule has 8 nitrogen and oxygen atoms in total. The Labute approximate surface area is 650 Å². The van der Waals surface area contributed by atoms with Gasteiger partial charge >= 0.3 is 17.2 Å². The fourth-order valence-corrected chi connectivity index (χ4v) is 17.5. The third-order valence-electron chi connectivity index (χ3n) is 22.4. The standard InChI is InChI=1S/C95H162O8P2/c1-15-19-23-27-31-33-35-37-39-41-43-45-47-51-55-59-71-98-104(102-87-67-63-83(64-68-87)61-57-53-49-29-25-21-17-3)100-81(7)95(77-85-75-89(93(9,10)11)91(96)73-79(85)5,78-86-76-90(94(12,13)14)92(97)74-80(86)6)82(8)101-105(103-88-69-65-84(66-70-88)62-58-54-50-30-26-22-18-4)99-72-60-56-52-48-46-44-42-40-38-36-34-32-28-24-20-16-2/h63-70,73-76,81-82,96-97H,15-62,71-72,77-78H2,1-14H3. The van der Waals surface area contributed by atoms with Crippen molar-refractivity contribution < 1.29 is 37.4 Å². The van der Waals surface area contributed by atoms with E-state index in [1.807, 2.05) is 12.1 Å². The van der Waals surface area contributed by atoms with Crippen molar-refractivity contribution in [1.29, 1.82) is 0 Å². The van der Waals surface area contributed by atoms with Crippen molar-refractivity contribution in [3.05, 3.63) is 117 Å². The maximum Gasteiger partial charge on any atom is 0.397 e. The Balaban J connectivity index is 1.73. The van der Waals surface area contributed by atoms with Gasteiger partial charge < -0.3 is 28.3 Å². The van der Waals surface area contributed by atoms with Gasteiger partial charge in [0, 0.05) is 5.41 Å². The van der Waals surface area contributed by atoms with Crippen molar-refractivity contribution in [3.8, 4) is 23.0 Å². The van der Waals surface area contributed by atoms with Gasteiger partial charge in [-0.1, -0.05) is 375 Å². The number of unbranched alkanes of at least 4 members (excludes halogenated alkanes) is 42. The van der Waals surface area contributed by atoms with Gasteiger partial charge in [0.1, 0.15) is 23.0 Å². The summed E-state index contributed by atoms with van der Waals surface area (Å²) in [5.41, 5.74) is 7.06. The van der Waals surface area contributed by atoms with Gasteiger partial charge in [0.15, 0.2) is 0 Å². The lowest BCUT2D eigenvalue weighted by Crippen LogP contribution is -2.48. The Morgan fingerprint density at radius 3 is 0.810 bits per heavy atom. The fourth-order valence-electron chi connectivity index (χ4n) is 15.1. The molecule has 0 heterocycles. The Morgan fingerprint density at radius 1 is 0.324 bits per heavy atom. The maximum absolute atomic E-state index is 11.8. The Bertz CT molecular complexity index is 2560. The van der Waals surface area contributed by atoms with Crippen LogP contribution in [0.3, 0.4) is 0 Å². The Kier molecular flexibility index (Phi) is 51.0. The summed E-state index contributed by atoms with van der Waals surface area (Å²) in [6.07, 6.45) is 61.8. The van der Waals surface area contributed by atoms with Crippen LogP contribution in [-0.2, 0) is 54.6 Å². The highest BCUT2D eigenvalue weighted by atomic mass is 31.2. The quantitative estimate of drug-likeness (QED) is 0.0333. The SMILES string of the molecule is CCCCCCCCCCCCCCCCCCOP(Oc1ccc(CCCCCCCCC)cc1)OC(C)C(Cc1cc(C(C)(C)C)c(O)cc1C)(Cc1cc(C(C)(C)C)c(O)cc1C)C(C)OP(OCCCCCCCCCCCCCCCCCC)Oc1ccc(CCCCCCCCC)cc1. The first-order chi connectivity index (χ1) is 50.7. The molecular formula is C95H162O8P2. The van der Waals surface area contributed by atoms with Crippen molar-refractivity contribution in [1.82, 2.24) is 0 Å². The number of phenols is 2. The molecule has 4 aromatic rings. The molecule has 0 amide bonds. The highest BCUT2D eigenvalue weighted by Gasteiger charge is 2.48. The van der Waals surface area contributed by atoms with E-state index in [1.165, 1.54) is 281 Å². The zero-order valence-corrected chi connectivity index (χ0v) is 72.4. The lowest BCUT2D eigenvalue weighted by Gasteiger charge is -2.45. The zero-order chi connectivity index (χ0) is 76.2. The van der Waals surface area contributed by atoms with E-state index in [-0.39, 0.29) is 10.8 Å². The van der Waals surface area contributed by atoms with Crippen LogP contribution in [0.1, 0.15) is 423 Å². The van der Waals surface area contributed by atoms with Crippen LogP contribution < -0.4 is 9.05 Å². The monoisotopic (exact) mass is 1490 g/mol. The van der Waals surface area contributed by atoms with Gasteiger partial charge in [-0.3, -0.25) is 9.05 Å². The van der Waals surface area contributed by atoms with E-state index in [0.29, 0.717) is 37.6 Å². The van der Waals surface area contributed by atoms with Gasteiger partial charge in [0.2, 0.25) is 0 Å². The molecule has 0 fully saturated rings. The summed E-state index contributed by atoms with van der Waals surface area (Å²) in [4.78, 5) is 0. The summed E-state index contributed by atoms with van der Waals surface area (Å²) in [7, 11) is -3.91. The average Bonchev–Trinajstić information content (AvgIpc) is 0.761. The molecule has 4 unspecified atom stereocenters. The van der Waals surface area contributed by atoms with E-state index in [9.17, 15) is 10.2 Å². The van der Waals surface area contributed by atoms with Crippen LogP contribution in [-0.4, -0.2) is 35.6 Å². The Hall–Kier alpha value is -3.22. The molecule has 0 saturated heterocycles. The number of aryl methyl sites for hydroxylation is 4. The summed E-state index contributed by atoms with van der Waals surface area (Å²) >= 11 is 0. The van der Waals surface area contributed by atoms with Gasteiger partial charge in [0.25, 0.3) is 0 Å². The van der Waals surface area contributed by atoms with Crippen LogP contribution in [0.5, 0.6) is 23.0 Å². The molecular weight excluding hydrogens is 1330 g/mol. The predicted molar refractivity (Wildman–Crippen MR) is 456 cm³/mol. The molecule has 105 heavy (non-hydrogen) atoms. The summed E-state index contributed by atoms with van der Waals surface area (Å²) in [6, 6.07) is 25.7. The van der Waals surface area contributed by atoms with Gasteiger partial charge in [-0.2, -0.15) is 0 Å². The van der Waals surface area contributed by atoms with E-state index in [1.54, 1.807) is 0 Å². The largest absolute Gasteiger partial charge is 0.508 e. The number of benzene rings is 4. The second-order valence-electron chi connectivity index (χ2n) is 34.1. The number of aromatic hydroxyl groups is 2. The number of rotatable bonds is 66. The molecule has 4 rings (SSSR count). The molecule has 4 atom stereocenters. The van der Waals surface area contributed by atoms with Crippen LogP contribution in [0.15, 0.2) is 72.8 Å². The summed E-state index contributed by atoms with van der Waals surface area (Å²) in [6.45, 7) is 31.9. The fraction of sp³-hybridized carbons (Fsp3) is 0.747. The number of hydrogen-bond donors (Lipinski definition) is 2. The zero-order valence-electron chi connectivity index (χ0n) is 70.6. The van der Waals surface area contributed by atoms with Crippen LogP contribution >= 0.6 is 17.2 Å². The smallest absolute Gasteiger partial charge is 0.397 e. The topological polar surface area (TPSA) is 95.8 Å². The van der Waals surface area contributed by atoms with E-state index in [0.717, 1.165) is 83.4 Å².